The Bertz CT molecular complexity index is 602. The molecule has 128 valence electrons. The summed E-state index contributed by atoms with van der Waals surface area (Å²) in [7, 11) is 1.27. The van der Waals surface area contributed by atoms with Crippen LogP contribution in [0.3, 0.4) is 0 Å². The summed E-state index contributed by atoms with van der Waals surface area (Å²) >= 11 is 0. The first-order valence-electron chi connectivity index (χ1n) is 6.96. The first kappa shape index (κ1) is 19.2. The fraction of sp³-hybridized carbons (Fsp3) is 0.467. The highest BCUT2D eigenvalue weighted by molar-refractivity contribution is 7.86. The van der Waals surface area contributed by atoms with Gasteiger partial charge in [0.15, 0.2) is 0 Å². The van der Waals surface area contributed by atoms with Gasteiger partial charge in [-0.1, -0.05) is 6.07 Å². The van der Waals surface area contributed by atoms with E-state index in [-0.39, 0.29) is 11.5 Å². The topological polar surface area (TPSA) is 66.5 Å². The summed E-state index contributed by atoms with van der Waals surface area (Å²) in [5.41, 5.74) is -0.309. The van der Waals surface area contributed by atoms with Crippen LogP contribution in [0.2, 0.25) is 0 Å². The molecule has 0 aliphatic carbocycles. The van der Waals surface area contributed by atoms with E-state index in [9.17, 15) is 22.6 Å². The molecule has 0 saturated heterocycles. The van der Waals surface area contributed by atoms with Crippen molar-refractivity contribution < 1.29 is 22.6 Å². The van der Waals surface area contributed by atoms with Crippen LogP contribution in [0.15, 0.2) is 18.2 Å². The minimum atomic E-state index is -1.82. The Hall–Kier alpha value is -1.83. The molecule has 0 aliphatic heterocycles. The molecule has 5 nitrogen and oxygen atoms in total. The predicted octanol–water partition coefficient (Wildman–Crippen LogP) is 1.37. The van der Waals surface area contributed by atoms with Gasteiger partial charge in [-0.25, -0.2) is 8.78 Å². The maximum Gasteiger partial charge on any atom is 0.244 e. The van der Waals surface area contributed by atoms with Crippen molar-refractivity contribution in [1.29, 1.82) is 0 Å². The van der Waals surface area contributed by atoms with Crippen molar-refractivity contribution in [2.75, 3.05) is 19.8 Å². The molecular weight excluding hydrogens is 326 g/mol. The summed E-state index contributed by atoms with van der Waals surface area (Å²) in [5, 5.41) is 1.43. The molecule has 8 heteroatoms. The molecule has 0 unspecified atom stereocenters. The normalized spacial score (nSPS) is 14.7. The van der Waals surface area contributed by atoms with E-state index in [0.717, 1.165) is 12.1 Å². The van der Waals surface area contributed by atoms with Crippen molar-refractivity contribution in [3.05, 3.63) is 35.4 Å². The lowest BCUT2D eigenvalue weighted by molar-refractivity contribution is -0.133. The van der Waals surface area contributed by atoms with E-state index in [2.05, 4.69) is 5.32 Å². The number of carbonyl (C=O) groups excluding carboxylic acids is 2. The molecule has 0 radical (unpaired) electrons. The van der Waals surface area contributed by atoms with Gasteiger partial charge in [0, 0.05) is 30.5 Å². The molecule has 1 aromatic carbocycles. The molecule has 0 aliphatic rings. The molecular formula is C15H20F2N2O3S. The first-order chi connectivity index (χ1) is 10.6. The van der Waals surface area contributed by atoms with Crippen molar-refractivity contribution in [3.8, 4) is 0 Å². The summed E-state index contributed by atoms with van der Waals surface area (Å²) in [5.74, 6) is -2.98. The highest BCUT2D eigenvalue weighted by atomic mass is 32.2. The summed E-state index contributed by atoms with van der Waals surface area (Å²) in [6.45, 7) is 2.89. The highest BCUT2D eigenvalue weighted by Gasteiger charge is 2.24. The van der Waals surface area contributed by atoms with Crippen LogP contribution in [-0.2, 0) is 20.4 Å². The third-order valence-electron chi connectivity index (χ3n) is 3.26. The van der Waals surface area contributed by atoms with E-state index >= 15 is 0 Å². The van der Waals surface area contributed by atoms with Gasteiger partial charge in [-0.05, 0) is 26.0 Å². The Morgan fingerprint density at radius 3 is 2.22 bits per heavy atom. The smallest absolute Gasteiger partial charge is 0.244 e. The molecule has 0 heterocycles. The summed E-state index contributed by atoms with van der Waals surface area (Å²) in [4.78, 5) is 24.8. The van der Waals surface area contributed by atoms with Gasteiger partial charge in [0.05, 0.1) is 5.25 Å². The molecule has 1 aromatic rings. The van der Waals surface area contributed by atoms with E-state index in [1.807, 2.05) is 0 Å². The Balaban J connectivity index is 2.72. The number of benzene rings is 1. The van der Waals surface area contributed by atoms with Gasteiger partial charge in [0.2, 0.25) is 11.8 Å². The number of rotatable bonds is 6. The van der Waals surface area contributed by atoms with Crippen molar-refractivity contribution >= 4 is 22.6 Å². The molecule has 0 bridgehead atoms. The van der Waals surface area contributed by atoms with Gasteiger partial charge in [-0.2, -0.15) is 0 Å². The minimum absolute atomic E-state index is 0.308. The van der Waals surface area contributed by atoms with Gasteiger partial charge in [-0.15, -0.1) is 0 Å². The quantitative estimate of drug-likeness (QED) is 0.846. The fourth-order valence-electron chi connectivity index (χ4n) is 2.02. The summed E-state index contributed by atoms with van der Waals surface area (Å²) in [6.07, 6.45) is 0. The number of likely N-dealkylation sites (N-methyl/N-ethyl adjacent to an activating group) is 1. The van der Waals surface area contributed by atoms with Gasteiger partial charge >= 0.3 is 0 Å². The lowest BCUT2D eigenvalue weighted by atomic mass is 10.1. The Morgan fingerprint density at radius 1 is 1.22 bits per heavy atom. The third kappa shape index (κ3) is 5.09. The van der Waals surface area contributed by atoms with Crippen LogP contribution in [0.4, 0.5) is 8.78 Å². The zero-order valence-corrected chi connectivity index (χ0v) is 14.2. The molecule has 0 spiro atoms. The third-order valence-corrected chi connectivity index (χ3v) is 4.83. The van der Waals surface area contributed by atoms with Gasteiger partial charge < -0.3 is 10.2 Å². The predicted molar refractivity (Wildman–Crippen MR) is 84.1 cm³/mol. The zero-order chi connectivity index (χ0) is 17.7. The zero-order valence-electron chi connectivity index (χ0n) is 13.4. The van der Waals surface area contributed by atoms with Crippen molar-refractivity contribution in [1.82, 2.24) is 10.2 Å². The number of amides is 2. The van der Waals surface area contributed by atoms with E-state index in [0.29, 0.717) is 0 Å². The number of hydrogen-bond acceptors (Lipinski definition) is 3. The lowest BCUT2D eigenvalue weighted by Gasteiger charge is -2.18. The summed E-state index contributed by atoms with van der Waals surface area (Å²) < 4.78 is 39.5. The molecule has 1 rings (SSSR count). The van der Waals surface area contributed by atoms with Gasteiger partial charge in [0.25, 0.3) is 0 Å². The van der Waals surface area contributed by atoms with Crippen molar-refractivity contribution in [2.45, 2.75) is 25.1 Å². The van der Waals surface area contributed by atoms with E-state index in [4.69, 9.17) is 0 Å². The largest absolute Gasteiger partial charge is 0.347 e. The van der Waals surface area contributed by atoms with Crippen LogP contribution < -0.4 is 5.32 Å². The van der Waals surface area contributed by atoms with Crippen LogP contribution in [0.5, 0.6) is 0 Å². The molecule has 0 saturated carbocycles. The molecule has 1 N–H and O–H groups in total. The molecule has 0 aromatic heterocycles. The lowest BCUT2D eigenvalue weighted by Crippen LogP contribution is -2.45. The van der Waals surface area contributed by atoms with E-state index < -0.39 is 45.4 Å². The average molecular weight is 346 g/mol. The fourth-order valence-corrected chi connectivity index (χ4v) is 3.10. The maximum atomic E-state index is 13.7. The standard InChI is InChI=1S/C15H20F2N2O3S/c1-9(15(21)19(3)4)18-13(20)8-23(22)10(2)14-11(16)6-5-7-12(14)17/h5-7,9-10H,8H2,1-4H3,(H,18,20)/t9-,10-,23+/m0/s1. The Labute approximate surface area is 136 Å². The van der Waals surface area contributed by atoms with Crippen LogP contribution in [0, 0.1) is 11.6 Å². The first-order valence-corrected chi connectivity index (χ1v) is 8.35. The van der Waals surface area contributed by atoms with Crippen LogP contribution >= 0.6 is 0 Å². The van der Waals surface area contributed by atoms with Crippen LogP contribution in [0.1, 0.15) is 24.7 Å². The minimum Gasteiger partial charge on any atom is -0.347 e. The Kier molecular flexibility index (Phi) is 6.80. The number of nitrogens with zero attached hydrogens (tertiary/aromatic N) is 1. The van der Waals surface area contributed by atoms with Crippen molar-refractivity contribution in [2.24, 2.45) is 0 Å². The SMILES string of the molecule is C[C@H](NC(=O)C[S@@](=O)[C@@H](C)c1c(F)cccc1F)C(=O)N(C)C. The molecule has 23 heavy (non-hydrogen) atoms. The molecule has 0 fully saturated rings. The second-order valence-corrected chi connectivity index (χ2v) is 7.08. The second kappa shape index (κ2) is 8.14. The Morgan fingerprint density at radius 2 is 1.74 bits per heavy atom. The molecule has 3 atom stereocenters. The van der Waals surface area contributed by atoms with Gasteiger partial charge in [-0.3, -0.25) is 13.8 Å². The number of nitrogens with one attached hydrogen (secondary N) is 1. The molecule has 2 amide bonds. The van der Waals surface area contributed by atoms with Crippen LogP contribution in [0.25, 0.3) is 0 Å². The highest BCUT2D eigenvalue weighted by Crippen LogP contribution is 2.25. The summed E-state index contributed by atoms with van der Waals surface area (Å²) in [6, 6.07) is 2.59. The van der Waals surface area contributed by atoms with Crippen molar-refractivity contribution in [3.63, 3.8) is 0 Å². The number of carbonyl (C=O) groups is 2. The average Bonchev–Trinajstić information content (AvgIpc) is 2.45. The maximum absolute atomic E-state index is 13.7. The van der Waals surface area contributed by atoms with Gasteiger partial charge in [0.1, 0.15) is 23.4 Å². The van der Waals surface area contributed by atoms with Crippen LogP contribution in [-0.4, -0.2) is 46.8 Å². The number of hydrogen-bond donors (Lipinski definition) is 1. The second-order valence-electron chi connectivity index (χ2n) is 5.32. The van der Waals surface area contributed by atoms with E-state index in [1.165, 1.54) is 24.8 Å². The van der Waals surface area contributed by atoms with E-state index in [1.54, 1.807) is 14.1 Å². The number of halogens is 2. The monoisotopic (exact) mass is 346 g/mol.